The van der Waals surface area contributed by atoms with Gasteiger partial charge >= 0.3 is 6.18 Å². The normalized spacial score (nSPS) is 21.6. The van der Waals surface area contributed by atoms with Crippen molar-refractivity contribution in [3.63, 3.8) is 0 Å². The van der Waals surface area contributed by atoms with Gasteiger partial charge in [-0.2, -0.15) is 18.2 Å². The zero-order chi connectivity index (χ0) is 21.4. The number of anilines is 2. The summed E-state index contributed by atoms with van der Waals surface area (Å²) in [7, 11) is 0. The summed E-state index contributed by atoms with van der Waals surface area (Å²) in [6.45, 7) is 2.57. The second-order valence-electron chi connectivity index (χ2n) is 7.52. The minimum atomic E-state index is -4.56. The average Bonchev–Trinajstić information content (AvgIpc) is 3.03. The Bertz CT molecular complexity index is 945. The lowest BCUT2D eigenvalue weighted by Gasteiger charge is -2.36. The molecule has 1 fully saturated rings. The molecular formula is C20H23F3N4O3. The van der Waals surface area contributed by atoms with Crippen molar-refractivity contribution in [3.8, 4) is 5.75 Å². The summed E-state index contributed by atoms with van der Waals surface area (Å²) in [5.74, 6) is 0.952. The van der Waals surface area contributed by atoms with Gasteiger partial charge in [-0.3, -0.25) is 9.36 Å². The molecule has 4 rings (SSSR count). The van der Waals surface area contributed by atoms with Crippen LogP contribution in [0.3, 0.4) is 0 Å². The molecule has 1 saturated heterocycles. The van der Waals surface area contributed by atoms with E-state index in [-0.39, 0.29) is 19.1 Å². The highest BCUT2D eigenvalue weighted by atomic mass is 19.4. The third-order valence-corrected chi connectivity index (χ3v) is 5.55. The molecule has 2 aliphatic heterocycles. The Kier molecular flexibility index (Phi) is 5.35. The van der Waals surface area contributed by atoms with Gasteiger partial charge in [0.25, 0.3) is 5.56 Å². The maximum atomic E-state index is 14.0. The number of aromatic nitrogens is 2. The molecule has 2 aromatic rings. The topological polar surface area (TPSA) is 59.8 Å². The van der Waals surface area contributed by atoms with Gasteiger partial charge in [-0.15, -0.1) is 0 Å². The molecule has 0 bridgehead atoms. The first-order chi connectivity index (χ1) is 14.3. The molecule has 1 unspecified atom stereocenters. The number of halogens is 3. The minimum Gasteiger partial charge on any atom is -0.492 e. The number of nitrogens with zero attached hydrogens (tertiary/aromatic N) is 4. The van der Waals surface area contributed by atoms with Crippen LogP contribution in [0.15, 0.2) is 41.2 Å². The quantitative estimate of drug-likeness (QED) is 0.734. The van der Waals surface area contributed by atoms with Gasteiger partial charge in [0.05, 0.1) is 26.3 Å². The second kappa shape index (κ2) is 7.82. The minimum absolute atomic E-state index is 0.0143. The van der Waals surface area contributed by atoms with Crippen molar-refractivity contribution in [2.24, 2.45) is 0 Å². The molecule has 1 aromatic heterocycles. The van der Waals surface area contributed by atoms with Gasteiger partial charge in [-0.25, -0.2) is 0 Å². The van der Waals surface area contributed by atoms with E-state index < -0.39 is 23.8 Å². The van der Waals surface area contributed by atoms with Crippen LogP contribution in [0, 0.1) is 0 Å². The van der Waals surface area contributed by atoms with Gasteiger partial charge in [-0.05, 0) is 19.1 Å². The molecule has 7 nitrogen and oxygen atoms in total. The summed E-state index contributed by atoms with van der Waals surface area (Å²) < 4.78 is 54.2. The molecular weight excluding hydrogens is 401 g/mol. The van der Waals surface area contributed by atoms with Gasteiger partial charge in [-0.1, -0.05) is 18.2 Å². The van der Waals surface area contributed by atoms with E-state index in [2.05, 4.69) is 4.98 Å². The zero-order valence-corrected chi connectivity index (χ0v) is 16.6. The number of rotatable bonds is 5. The maximum Gasteiger partial charge on any atom is 0.413 e. The summed E-state index contributed by atoms with van der Waals surface area (Å²) in [6, 6.07) is 10.2. The third kappa shape index (κ3) is 3.71. The van der Waals surface area contributed by atoms with E-state index in [9.17, 15) is 18.0 Å². The van der Waals surface area contributed by atoms with Gasteiger partial charge < -0.3 is 19.3 Å². The first-order valence-electron chi connectivity index (χ1n) is 9.76. The van der Waals surface area contributed by atoms with Crippen LogP contribution in [0.25, 0.3) is 0 Å². The lowest BCUT2D eigenvalue weighted by molar-refractivity contribution is -0.182. The molecule has 1 atom stereocenters. The molecule has 0 amide bonds. The highest BCUT2D eigenvalue weighted by molar-refractivity contribution is 5.50. The van der Waals surface area contributed by atoms with Crippen LogP contribution in [0.1, 0.15) is 6.92 Å². The lowest BCUT2D eigenvalue weighted by Crippen LogP contribution is -2.56. The molecule has 1 aromatic carbocycles. The molecule has 0 spiro atoms. The van der Waals surface area contributed by atoms with E-state index in [4.69, 9.17) is 9.47 Å². The van der Waals surface area contributed by atoms with Crippen molar-refractivity contribution in [1.29, 1.82) is 0 Å². The van der Waals surface area contributed by atoms with E-state index >= 15 is 0 Å². The molecule has 3 heterocycles. The maximum absolute atomic E-state index is 14.0. The van der Waals surface area contributed by atoms with Crippen molar-refractivity contribution in [1.82, 2.24) is 9.55 Å². The monoisotopic (exact) mass is 424 g/mol. The summed E-state index contributed by atoms with van der Waals surface area (Å²) in [6.07, 6.45) is -4.56. The Morgan fingerprint density at radius 3 is 2.57 bits per heavy atom. The lowest BCUT2D eigenvalue weighted by atomic mass is 10.0. The molecule has 2 aliphatic rings. The number of alkyl halides is 3. The first-order valence-corrected chi connectivity index (χ1v) is 9.76. The number of hydrogen-bond donors (Lipinski definition) is 0. The van der Waals surface area contributed by atoms with Crippen molar-refractivity contribution < 1.29 is 22.6 Å². The van der Waals surface area contributed by atoms with Crippen LogP contribution in [0.5, 0.6) is 5.75 Å². The zero-order valence-electron chi connectivity index (χ0n) is 16.6. The van der Waals surface area contributed by atoms with E-state index in [1.807, 2.05) is 11.0 Å². The Labute approximate surface area is 171 Å². The van der Waals surface area contributed by atoms with Crippen LogP contribution in [0.4, 0.5) is 24.9 Å². The fourth-order valence-corrected chi connectivity index (χ4v) is 3.77. The molecule has 30 heavy (non-hydrogen) atoms. The smallest absolute Gasteiger partial charge is 0.413 e. The Morgan fingerprint density at radius 1 is 1.20 bits per heavy atom. The van der Waals surface area contributed by atoms with Crippen LogP contribution in [0.2, 0.25) is 0 Å². The number of benzene rings is 1. The summed E-state index contributed by atoms with van der Waals surface area (Å²) >= 11 is 0. The fraction of sp³-hybridized carbons (Fsp3) is 0.500. The van der Waals surface area contributed by atoms with Crippen molar-refractivity contribution in [2.75, 3.05) is 49.3 Å². The van der Waals surface area contributed by atoms with Crippen LogP contribution in [-0.2, 0) is 11.3 Å². The van der Waals surface area contributed by atoms with Gasteiger partial charge in [0.15, 0.2) is 5.54 Å². The van der Waals surface area contributed by atoms with Crippen LogP contribution < -0.4 is 20.1 Å². The van der Waals surface area contributed by atoms with Crippen molar-refractivity contribution in [3.05, 3.63) is 46.8 Å². The van der Waals surface area contributed by atoms with E-state index in [1.54, 1.807) is 24.3 Å². The average molecular weight is 424 g/mol. The largest absolute Gasteiger partial charge is 0.492 e. The Balaban J connectivity index is 1.64. The predicted octanol–water partition coefficient (Wildman–Crippen LogP) is 2.30. The van der Waals surface area contributed by atoms with Gasteiger partial charge in [0.1, 0.15) is 18.2 Å². The van der Waals surface area contributed by atoms with Gasteiger partial charge in [0.2, 0.25) is 5.95 Å². The predicted molar refractivity (Wildman–Crippen MR) is 105 cm³/mol. The van der Waals surface area contributed by atoms with Crippen LogP contribution >= 0.6 is 0 Å². The first kappa shape index (κ1) is 20.5. The van der Waals surface area contributed by atoms with Crippen molar-refractivity contribution >= 4 is 11.8 Å². The standard InChI is InChI=1S/C20H23F3N4O3/c1-19(20(21,22)23)14-26-17(28)13-16(25-7-10-29-11-8-25)24-18(26)27(19)9-12-30-15-5-3-2-4-6-15/h2-6,13H,7-12,14H2,1H3. The highest BCUT2D eigenvalue weighted by Gasteiger charge is 2.59. The molecule has 0 saturated carbocycles. The third-order valence-electron chi connectivity index (χ3n) is 5.55. The highest BCUT2D eigenvalue weighted by Crippen LogP contribution is 2.43. The van der Waals surface area contributed by atoms with Crippen molar-refractivity contribution in [2.45, 2.75) is 25.2 Å². The Hall–Kier alpha value is -2.75. The molecule has 0 N–H and O–H groups in total. The fourth-order valence-electron chi connectivity index (χ4n) is 3.77. The Morgan fingerprint density at radius 2 is 1.90 bits per heavy atom. The second-order valence-corrected chi connectivity index (χ2v) is 7.52. The van der Waals surface area contributed by atoms with E-state index in [1.165, 1.54) is 6.07 Å². The van der Waals surface area contributed by atoms with E-state index in [0.29, 0.717) is 37.9 Å². The molecule has 10 heteroatoms. The molecule has 0 aliphatic carbocycles. The number of hydrogen-bond acceptors (Lipinski definition) is 6. The number of fused-ring (bicyclic) bond motifs is 1. The van der Waals surface area contributed by atoms with E-state index in [0.717, 1.165) is 16.4 Å². The summed E-state index contributed by atoms with van der Waals surface area (Å²) in [4.78, 5) is 20.1. The SMILES string of the molecule is CC1(C(F)(F)F)Cn2c(nc(N3CCOCC3)cc2=O)N1CCOc1ccccc1. The van der Waals surface area contributed by atoms with Gasteiger partial charge in [0, 0.05) is 19.2 Å². The van der Waals surface area contributed by atoms with Crippen LogP contribution in [-0.4, -0.2) is 60.7 Å². The molecule has 0 radical (unpaired) electrons. The molecule has 162 valence electrons. The number of ether oxygens (including phenoxy) is 2. The summed E-state index contributed by atoms with van der Waals surface area (Å²) in [5, 5.41) is 0. The summed E-state index contributed by atoms with van der Waals surface area (Å²) in [5.41, 5.74) is -2.75. The number of morpholine rings is 1. The number of para-hydroxylation sites is 1.